The Morgan fingerprint density at radius 2 is 1.33 bits per heavy atom. The van der Waals surface area contributed by atoms with Gasteiger partial charge in [0, 0.05) is 26.9 Å². The summed E-state index contributed by atoms with van der Waals surface area (Å²) in [6.45, 7) is 0. The zero-order chi connectivity index (χ0) is 29.3. The number of hydrogen-bond acceptors (Lipinski definition) is 4. The monoisotopic (exact) mass is 591 g/mol. The van der Waals surface area contributed by atoms with E-state index < -0.39 is 5.91 Å². The maximum atomic E-state index is 13.5. The van der Waals surface area contributed by atoms with E-state index in [1.54, 1.807) is 66.7 Å². The molecule has 0 bridgehead atoms. The first kappa shape index (κ1) is 28.7. The average molecular weight is 592 g/mol. The van der Waals surface area contributed by atoms with Crippen molar-refractivity contribution in [2.45, 2.75) is 4.90 Å². The predicted molar refractivity (Wildman–Crippen MR) is 172 cm³/mol. The van der Waals surface area contributed by atoms with Crippen LogP contribution in [0.4, 0.5) is 11.4 Å². The van der Waals surface area contributed by atoms with Gasteiger partial charge in [0.25, 0.3) is 11.8 Å². The van der Waals surface area contributed by atoms with E-state index in [1.165, 1.54) is 11.8 Å². The Hall–Kier alpha value is -4.85. The van der Waals surface area contributed by atoms with E-state index in [9.17, 15) is 14.4 Å². The molecule has 6 nitrogen and oxygen atoms in total. The Balaban J connectivity index is 1.29. The number of rotatable bonds is 9. The van der Waals surface area contributed by atoms with Gasteiger partial charge in [0.15, 0.2) is 0 Å². The molecule has 0 atom stereocenters. The molecule has 0 spiro atoms. The van der Waals surface area contributed by atoms with E-state index in [1.807, 2.05) is 60.7 Å². The minimum Gasteiger partial charge on any atom is -0.325 e. The minimum atomic E-state index is -0.463. The quantitative estimate of drug-likeness (QED) is 0.121. The summed E-state index contributed by atoms with van der Waals surface area (Å²) in [6, 6.07) is 36.5. The molecule has 0 aliphatic heterocycles. The van der Waals surface area contributed by atoms with E-state index >= 15 is 0 Å². The second-order valence-electron chi connectivity index (χ2n) is 9.27. The van der Waals surface area contributed by atoms with Crippen molar-refractivity contribution in [2.75, 3.05) is 16.4 Å². The van der Waals surface area contributed by atoms with E-state index in [4.69, 9.17) is 11.6 Å². The SMILES string of the molecule is O=C(CSc1ccc(NC(=O)/C(=C/c2cccc3ccccc23)NC(=O)c2ccccc2)cc1)Nc1ccc(Cl)cc1. The highest BCUT2D eigenvalue weighted by Gasteiger charge is 2.16. The number of hydrogen-bond donors (Lipinski definition) is 3. The normalized spacial score (nSPS) is 11.1. The van der Waals surface area contributed by atoms with Crippen LogP contribution in [0.15, 0.2) is 132 Å². The molecular weight excluding hydrogens is 566 g/mol. The first-order valence-corrected chi connectivity index (χ1v) is 14.5. The van der Waals surface area contributed by atoms with Gasteiger partial charge in [-0.15, -0.1) is 11.8 Å². The maximum absolute atomic E-state index is 13.5. The Bertz CT molecular complexity index is 1750. The molecule has 0 saturated carbocycles. The van der Waals surface area contributed by atoms with Crippen LogP contribution >= 0.6 is 23.4 Å². The second kappa shape index (κ2) is 13.7. The van der Waals surface area contributed by atoms with Crippen LogP contribution < -0.4 is 16.0 Å². The van der Waals surface area contributed by atoms with Crippen LogP contribution in [0.3, 0.4) is 0 Å². The summed E-state index contributed by atoms with van der Waals surface area (Å²) in [5.74, 6) is -0.773. The molecule has 0 heterocycles. The van der Waals surface area contributed by atoms with Crippen molar-refractivity contribution in [3.05, 3.63) is 143 Å². The lowest BCUT2D eigenvalue weighted by atomic mass is 10.0. The van der Waals surface area contributed by atoms with Crippen molar-refractivity contribution in [1.82, 2.24) is 5.32 Å². The van der Waals surface area contributed by atoms with Gasteiger partial charge in [0.2, 0.25) is 5.91 Å². The summed E-state index contributed by atoms with van der Waals surface area (Å²) < 4.78 is 0. The Kier molecular flexibility index (Phi) is 9.33. The third-order valence-corrected chi connectivity index (χ3v) is 7.53. The molecule has 0 aliphatic carbocycles. The lowest BCUT2D eigenvalue weighted by molar-refractivity contribution is -0.114. The van der Waals surface area contributed by atoms with Crippen molar-refractivity contribution in [3.8, 4) is 0 Å². The fraction of sp³-hybridized carbons (Fsp3) is 0.0294. The molecule has 3 amide bonds. The van der Waals surface area contributed by atoms with Gasteiger partial charge in [-0.2, -0.15) is 0 Å². The summed E-state index contributed by atoms with van der Waals surface area (Å²) in [5.41, 5.74) is 2.57. The Morgan fingerprint density at radius 1 is 0.690 bits per heavy atom. The van der Waals surface area contributed by atoms with Crippen molar-refractivity contribution in [2.24, 2.45) is 0 Å². The summed E-state index contributed by atoms with van der Waals surface area (Å²) >= 11 is 7.27. The third kappa shape index (κ3) is 7.66. The van der Waals surface area contributed by atoms with Crippen LogP contribution in [-0.4, -0.2) is 23.5 Å². The number of halogens is 1. The molecule has 42 heavy (non-hydrogen) atoms. The second-order valence-corrected chi connectivity index (χ2v) is 10.8. The fourth-order valence-electron chi connectivity index (χ4n) is 4.19. The largest absolute Gasteiger partial charge is 0.325 e. The zero-order valence-electron chi connectivity index (χ0n) is 22.3. The Morgan fingerprint density at radius 3 is 2.10 bits per heavy atom. The maximum Gasteiger partial charge on any atom is 0.272 e. The highest BCUT2D eigenvalue weighted by atomic mass is 35.5. The lowest BCUT2D eigenvalue weighted by Gasteiger charge is -2.12. The van der Waals surface area contributed by atoms with Gasteiger partial charge in [-0.1, -0.05) is 72.3 Å². The smallest absolute Gasteiger partial charge is 0.272 e. The number of thioether (sulfide) groups is 1. The number of nitrogens with one attached hydrogen (secondary N) is 3. The first-order chi connectivity index (χ1) is 20.4. The van der Waals surface area contributed by atoms with Gasteiger partial charge in [0.1, 0.15) is 5.70 Å². The molecule has 5 aromatic rings. The first-order valence-electron chi connectivity index (χ1n) is 13.1. The van der Waals surface area contributed by atoms with Crippen LogP contribution in [0, 0.1) is 0 Å². The molecule has 0 unspecified atom stereocenters. The van der Waals surface area contributed by atoms with Crippen molar-refractivity contribution in [3.63, 3.8) is 0 Å². The lowest BCUT2D eigenvalue weighted by Crippen LogP contribution is -2.30. The average Bonchev–Trinajstić information content (AvgIpc) is 3.02. The van der Waals surface area contributed by atoms with Crippen LogP contribution in [0.25, 0.3) is 16.8 Å². The highest BCUT2D eigenvalue weighted by Crippen LogP contribution is 2.23. The molecule has 0 saturated heterocycles. The number of anilines is 2. The number of carbonyl (C=O) groups excluding carboxylic acids is 3. The molecule has 8 heteroatoms. The van der Waals surface area contributed by atoms with Crippen LogP contribution in [-0.2, 0) is 9.59 Å². The highest BCUT2D eigenvalue weighted by molar-refractivity contribution is 8.00. The Labute approximate surface area is 252 Å². The fourth-order valence-corrected chi connectivity index (χ4v) is 5.01. The van der Waals surface area contributed by atoms with Crippen LogP contribution in [0.5, 0.6) is 0 Å². The van der Waals surface area contributed by atoms with Crippen molar-refractivity contribution in [1.29, 1.82) is 0 Å². The predicted octanol–water partition coefficient (Wildman–Crippen LogP) is 7.63. The van der Waals surface area contributed by atoms with Gasteiger partial charge < -0.3 is 16.0 Å². The number of amides is 3. The van der Waals surface area contributed by atoms with E-state index in [2.05, 4.69) is 16.0 Å². The van der Waals surface area contributed by atoms with Crippen LogP contribution in [0.1, 0.15) is 15.9 Å². The molecule has 5 rings (SSSR count). The molecule has 0 fully saturated rings. The summed E-state index contributed by atoms with van der Waals surface area (Å²) in [7, 11) is 0. The molecule has 0 aromatic heterocycles. The van der Waals surface area contributed by atoms with Crippen molar-refractivity contribution >= 4 is 69.3 Å². The van der Waals surface area contributed by atoms with Gasteiger partial charge in [0.05, 0.1) is 5.75 Å². The summed E-state index contributed by atoms with van der Waals surface area (Å²) in [5, 5.41) is 11.1. The standard InChI is InChI=1S/C34H26ClN3O3S/c35-26-13-15-27(16-14-26)36-32(39)22-42-29-19-17-28(18-20-29)37-34(41)31(38-33(40)24-8-2-1-3-9-24)21-25-11-6-10-23-7-4-5-12-30(23)25/h1-21H,22H2,(H,36,39)(H,37,41)(H,38,40)/b31-21-. The van der Waals surface area contributed by atoms with E-state index in [0.29, 0.717) is 22.0 Å². The zero-order valence-corrected chi connectivity index (χ0v) is 23.9. The number of fused-ring (bicyclic) bond motifs is 1. The van der Waals surface area contributed by atoms with Gasteiger partial charge >= 0.3 is 0 Å². The number of carbonyl (C=O) groups is 3. The third-order valence-electron chi connectivity index (χ3n) is 6.26. The number of benzene rings is 5. The van der Waals surface area contributed by atoms with Gasteiger partial charge in [-0.05, 0) is 83.1 Å². The minimum absolute atomic E-state index is 0.109. The molecule has 3 N–H and O–H groups in total. The van der Waals surface area contributed by atoms with Gasteiger partial charge in [-0.25, -0.2) is 0 Å². The summed E-state index contributed by atoms with van der Waals surface area (Å²) in [6.07, 6.45) is 1.68. The molecule has 5 aromatic carbocycles. The van der Waals surface area contributed by atoms with Gasteiger partial charge in [-0.3, -0.25) is 14.4 Å². The van der Waals surface area contributed by atoms with Crippen molar-refractivity contribution < 1.29 is 14.4 Å². The van der Waals surface area contributed by atoms with E-state index in [-0.39, 0.29) is 23.3 Å². The van der Waals surface area contributed by atoms with E-state index in [0.717, 1.165) is 21.2 Å². The van der Waals surface area contributed by atoms with Crippen LogP contribution in [0.2, 0.25) is 5.02 Å². The molecule has 208 valence electrons. The topological polar surface area (TPSA) is 87.3 Å². The molecule has 0 aliphatic rings. The molecule has 0 radical (unpaired) electrons. The summed E-state index contributed by atoms with van der Waals surface area (Å²) in [4.78, 5) is 39.6. The molecular formula is C34H26ClN3O3S.